The van der Waals surface area contributed by atoms with Crippen LogP contribution in [0.3, 0.4) is 0 Å². The number of hydrogen-bond acceptors (Lipinski definition) is 3. The summed E-state index contributed by atoms with van der Waals surface area (Å²) in [7, 11) is 0. The molecule has 2 aromatic rings. The molecule has 0 atom stereocenters. The normalized spacial score (nSPS) is 10.2. The second-order valence-electron chi connectivity index (χ2n) is 3.83. The number of benzene rings is 1. The van der Waals surface area contributed by atoms with E-state index in [0.717, 1.165) is 17.7 Å². The fourth-order valence-electron chi connectivity index (χ4n) is 1.56. The van der Waals surface area contributed by atoms with E-state index in [-0.39, 0.29) is 12.2 Å². The van der Waals surface area contributed by atoms with Crippen LogP contribution in [0.25, 0.3) is 0 Å². The van der Waals surface area contributed by atoms with Gasteiger partial charge in [-0.1, -0.05) is 6.07 Å². The number of aromatic nitrogens is 1. The molecule has 0 aliphatic heterocycles. The number of nitrogens with zero attached hydrogens (tertiary/aromatic N) is 1. The highest BCUT2D eigenvalue weighted by atomic mass is 19.1. The Kier molecular flexibility index (Phi) is 3.70. The smallest absolute Gasteiger partial charge is 0.335 e. The average molecular weight is 264 g/mol. The Morgan fingerprint density at radius 2 is 2.00 bits per heavy atom. The van der Waals surface area contributed by atoms with Crippen LogP contribution in [-0.4, -0.2) is 16.1 Å². The lowest BCUT2D eigenvalue weighted by molar-refractivity contribution is 0.0696. The van der Waals surface area contributed by atoms with Gasteiger partial charge < -0.3 is 10.4 Å². The van der Waals surface area contributed by atoms with Crippen LogP contribution in [0.4, 0.5) is 14.5 Å². The van der Waals surface area contributed by atoms with Crippen LogP contribution in [0, 0.1) is 11.6 Å². The highest BCUT2D eigenvalue weighted by Gasteiger charge is 2.14. The molecule has 0 fully saturated rings. The van der Waals surface area contributed by atoms with Gasteiger partial charge in [-0.25, -0.2) is 13.6 Å². The van der Waals surface area contributed by atoms with Gasteiger partial charge in [-0.2, -0.15) is 0 Å². The van der Waals surface area contributed by atoms with Crippen LogP contribution in [0.1, 0.15) is 15.9 Å². The van der Waals surface area contributed by atoms with Gasteiger partial charge >= 0.3 is 5.97 Å². The van der Waals surface area contributed by atoms with E-state index in [0.29, 0.717) is 0 Å². The molecule has 0 radical (unpaired) electrons. The first-order valence-corrected chi connectivity index (χ1v) is 5.43. The molecular weight excluding hydrogens is 254 g/mol. The molecule has 0 spiro atoms. The number of hydrogen-bond donors (Lipinski definition) is 2. The standard InChI is InChI=1S/C13H10F2N2O2/c14-10-4-9(13(18)19)5-11(15)12(10)17-7-8-2-1-3-16-6-8/h1-6,17H,7H2,(H,18,19). The summed E-state index contributed by atoms with van der Waals surface area (Å²) in [5.74, 6) is -3.26. The lowest BCUT2D eigenvalue weighted by atomic mass is 10.2. The third-order valence-corrected chi connectivity index (χ3v) is 2.48. The minimum atomic E-state index is -1.38. The Morgan fingerprint density at radius 1 is 1.32 bits per heavy atom. The summed E-state index contributed by atoms with van der Waals surface area (Å²) >= 11 is 0. The van der Waals surface area contributed by atoms with E-state index in [4.69, 9.17) is 5.11 Å². The molecule has 6 heteroatoms. The van der Waals surface area contributed by atoms with E-state index in [1.165, 1.54) is 0 Å². The van der Waals surface area contributed by atoms with Crippen LogP contribution in [0.2, 0.25) is 0 Å². The summed E-state index contributed by atoms with van der Waals surface area (Å²) in [6.45, 7) is 0.189. The Labute approximate surface area is 107 Å². The maximum absolute atomic E-state index is 13.6. The predicted molar refractivity (Wildman–Crippen MR) is 64.9 cm³/mol. The Hall–Kier alpha value is -2.50. The molecule has 0 saturated carbocycles. The summed E-state index contributed by atoms with van der Waals surface area (Å²) in [6.07, 6.45) is 3.15. The number of carbonyl (C=O) groups is 1. The molecule has 0 unspecified atom stereocenters. The van der Waals surface area contributed by atoms with Gasteiger partial charge in [-0.05, 0) is 23.8 Å². The van der Waals surface area contributed by atoms with Gasteiger partial charge in [0, 0.05) is 18.9 Å². The first kappa shape index (κ1) is 12.9. The number of nitrogens with one attached hydrogen (secondary N) is 1. The van der Waals surface area contributed by atoms with Gasteiger partial charge in [0.2, 0.25) is 0 Å². The highest BCUT2D eigenvalue weighted by Crippen LogP contribution is 2.21. The number of pyridine rings is 1. The Bertz CT molecular complexity index is 580. The quantitative estimate of drug-likeness (QED) is 0.891. The number of halogens is 2. The zero-order valence-electron chi connectivity index (χ0n) is 9.73. The van der Waals surface area contributed by atoms with E-state index < -0.39 is 23.2 Å². The molecule has 1 aromatic heterocycles. The summed E-state index contributed by atoms with van der Waals surface area (Å²) in [4.78, 5) is 14.5. The van der Waals surface area contributed by atoms with Gasteiger partial charge in [0.15, 0.2) is 0 Å². The number of anilines is 1. The minimum absolute atomic E-state index is 0.189. The average Bonchev–Trinajstić information content (AvgIpc) is 2.38. The van der Waals surface area contributed by atoms with Gasteiger partial charge in [-0.15, -0.1) is 0 Å². The molecule has 0 aliphatic carbocycles. The largest absolute Gasteiger partial charge is 0.478 e. The third kappa shape index (κ3) is 3.04. The molecule has 1 heterocycles. The van der Waals surface area contributed by atoms with Crippen LogP contribution in [0.5, 0.6) is 0 Å². The fourth-order valence-corrected chi connectivity index (χ4v) is 1.56. The molecule has 1 aromatic carbocycles. The lowest BCUT2D eigenvalue weighted by Crippen LogP contribution is -2.06. The molecule has 0 aliphatic rings. The van der Waals surface area contributed by atoms with E-state index in [1.807, 2.05) is 0 Å². The van der Waals surface area contributed by atoms with Gasteiger partial charge in [0.05, 0.1) is 5.56 Å². The second kappa shape index (κ2) is 5.43. The van der Waals surface area contributed by atoms with Crippen molar-refractivity contribution in [2.24, 2.45) is 0 Å². The number of carboxylic acid groups (broad SMARTS) is 1. The SMILES string of the molecule is O=C(O)c1cc(F)c(NCc2cccnc2)c(F)c1. The molecule has 0 bridgehead atoms. The van der Waals surface area contributed by atoms with Gasteiger partial charge in [0.25, 0.3) is 0 Å². The fraction of sp³-hybridized carbons (Fsp3) is 0.0769. The zero-order valence-corrected chi connectivity index (χ0v) is 9.73. The Balaban J connectivity index is 2.19. The van der Waals surface area contributed by atoms with E-state index >= 15 is 0 Å². The number of carboxylic acids is 1. The monoisotopic (exact) mass is 264 g/mol. The van der Waals surface area contributed by atoms with Crippen molar-refractivity contribution in [2.45, 2.75) is 6.54 Å². The molecular formula is C13H10F2N2O2. The topological polar surface area (TPSA) is 62.2 Å². The van der Waals surface area contributed by atoms with E-state index in [9.17, 15) is 13.6 Å². The van der Waals surface area contributed by atoms with Crippen molar-refractivity contribution in [1.29, 1.82) is 0 Å². The van der Waals surface area contributed by atoms with Crippen molar-refractivity contribution < 1.29 is 18.7 Å². The molecule has 2 rings (SSSR count). The van der Waals surface area contributed by atoms with Crippen molar-refractivity contribution in [3.05, 3.63) is 59.4 Å². The van der Waals surface area contributed by atoms with E-state index in [2.05, 4.69) is 10.3 Å². The van der Waals surface area contributed by atoms with Crippen LogP contribution < -0.4 is 5.32 Å². The highest BCUT2D eigenvalue weighted by molar-refractivity contribution is 5.88. The molecule has 98 valence electrons. The first-order chi connectivity index (χ1) is 9.08. The summed E-state index contributed by atoms with van der Waals surface area (Å²) in [5.41, 5.74) is -0.0283. The second-order valence-corrected chi connectivity index (χ2v) is 3.83. The van der Waals surface area contributed by atoms with Crippen molar-refractivity contribution in [2.75, 3.05) is 5.32 Å². The Morgan fingerprint density at radius 3 is 2.53 bits per heavy atom. The van der Waals surface area contributed by atoms with Crippen LogP contribution >= 0.6 is 0 Å². The summed E-state index contributed by atoms with van der Waals surface area (Å²) in [6, 6.07) is 5.01. The predicted octanol–water partition coefficient (Wildman–Crippen LogP) is 2.67. The minimum Gasteiger partial charge on any atom is -0.478 e. The number of rotatable bonds is 4. The van der Waals surface area contributed by atoms with E-state index in [1.54, 1.807) is 24.5 Å². The number of aromatic carboxylic acids is 1. The van der Waals surface area contributed by atoms with Crippen molar-refractivity contribution in [1.82, 2.24) is 4.98 Å². The van der Waals surface area contributed by atoms with Crippen LogP contribution in [0.15, 0.2) is 36.7 Å². The van der Waals surface area contributed by atoms with Gasteiger partial charge in [0.1, 0.15) is 17.3 Å². The maximum Gasteiger partial charge on any atom is 0.335 e. The first-order valence-electron chi connectivity index (χ1n) is 5.43. The molecule has 19 heavy (non-hydrogen) atoms. The lowest BCUT2D eigenvalue weighted by Gasteiger charge is -2.09. The molecule has 2 N–H and O–H groups in total. The van der Waals surface area contributed by atoms with Crippen molar-refractivity contribution >= 4 is 11.7 Å². The van der Waals surface area contributed by atoms with Gasteiger partial charge in [-0.3, -0.25) is 4.98 Å². The van der Waals surface area contributed by atoms with Crippen molar-refractivity contribution in [3.63, 3.8) is 0 Å². The maximum atomic E-state index is 13.6. The van der Waals surface area contributed by atoms with Crippen LogP contribution in [-0.2, 0) is 6.54 Å². The molecule has 0 saturated heterocycles. The third-order valence-electron chi connectivity index (χ3n) is 2.48. The van der Waals surface area contributed by atoms with Crippen molar-refractivity contribution in [3.8, 4) is 0 Å². The summed E-state index contributed by atoms with van der Waals surface area (Å²) in [5, 5.41) is 11.3. The summed E-state index contributed by atoms with van der Waals surface area (Å²) < 4.78 is 27.2. The zero-order chi connectivity index (χ0) is 13.8. The molecule has 4 nitrogen and oxygen atoms in total. The molecule has 0 amide bonds.